The SMILES string of the molecule is O=C(Cc1ccc(I)cc1)OCC(=O)c1ccc(Cl)cc1. The van der Waals surface area contributed by atoms with Crippen molar-refractivity contribution >= 4 is 45.9 Å². The summed E-state index contributed by atoms with van der Waals surface area (Å²) in [5, 5.41) is 0.558. The molecule has 0 aliphatic heterocycles. The molecule has 0 heterocycles. The maximum atomic E-state index is 11.8. The number of hydrogen-bond donors (Lipinski definition) is 0. The van der Waals surface area contributed by atoms with Crippen molar-refractivity contribution in [3.63, 3.8) is 0 Å². The molecule has 0 aliphatic rings. The lowest BCUT2D eigenvalue weighted by Crippen LogP contribution is -2.15. The molecule has 2 aromatic carbocycles. The smallest absolute Gasteiger partial charge is 0.310 e. The van der Waals surface area contributed by atoms with E-state index in [0.717, 1.165) is 9.13 Å². The molecule has 3 nitrogen and oxygen atoms in total. The van der Waals surface area contributed by atoms with Gasteiger partial charge in [-0.15, -0.1) is 0 Å². The van der Waals surface area contributed by atoms with Crippen molar-refractivity contribution in [3.8, 4) is 0 Å². The Balaban J connectivity index is 1.84. The van der Waals surface area contributed by atoms with E-state index in [0.29, 0.717) is 10.6 Å². The quantitative estimate of drug-likeness (QED) is 0.423. The molecule has 0 spiro atoms. The molecule has 0 N–H and O–H groups in total. The van der Waals surface area contributed by atoms with Gasteiger partial charge in [-0.1, -0.05) is 23.7 Å². The Hall–Kier alpha value is -1.40. The van der Waals surface area contributed by atoms with E-state index in [1.807, 2.05) is 24.3 Å². The molecule has 0 saturated carbocycles. The van der Waals surface area contributed by atoms with Gasteiger partial charge in [-0.05, 0) is 64.6 Å². The maximum absolute atomic E-state index is 11.8. The lowest BCUT2D eigenvalue weighted by atomic mass is 10.1. The van der Waals surface area contributed by atoms with Crippen LogP contribution in [0.2, 0.25) is 5.02 Å². The molecule has 0 fully saturated rings. The Kier molecular flexibility index (Phi) is 5.76. The van der Waals surface area contributed by atoms with Gasteiger partial charge in [0.25, 0.3) is 0 Å². The molecule has 2 rings (SSSR count). The number of benzene rings is 2. The number of hydrogen-bond acceptors (Lipinski definition) is 3. The summed E-state index contributed by atoms with van der Waals surface area (Å²) < 4.78 is 6.10. The van der Waals surface area contributed by atoms with Crippen molar-refractivity contribution in [2.24, 2.45) is 0 Å². The van der Waals surface area contributed by atoms with E-state index in [2.05, 4.69) is 22.6 Å². The zero-order valence-electron chi connectivity index (χ0n) is 11.0. The Morgan fingerprint density at radius 2 is 1.62 bits per heavy atom. The Bertz CT molecular complexity index is 636. The van der Waals surface area contributed by atoms with Gasteiger partial charge in [0, 0.05) is 14.2 Å². The molecular formula is C16H12ClIO3. The highest BCUT2D eigenvalue weighted by atomic mass is 127. The highest BCUT2D eigenvalue weighted by Crippen LogP contribution is 2.11. The van der Waals surface area contributed by atoms with Crippen LogP contribution in [0, 0.1) is 3.57 Å². The van der Waals surface area contributed by atoms with E-state index in [-0.39, 0.29) is 18.8 Å². The number of ketones is 1. The molecule has 0 atom stereocenters. The van der Waals surface area contributed by atoms with Crippen LogP contribution in [0.5, 0.6) is 0 Å². The van der Waals surface area contributed by atoms with Crippen LogP contribution in [0.1, 0.15) is 15.9 Å². The van der Waals surface area contributed by atoms with E-state index in [9.17, 15) is 9.59 Å². The largest absolute Gasteiger partial charge is 0.457 e. The summed E-state index contributed by atoms with van der Waals surface area (Å²) >= 11 is 7.94. The third kappa shape index (κ3) is 5.13. The van der Waals surface area contributed by atoms with Crippen LogP contribution in [0.3, 0.4) is 0 Å². The van der Waals surface area contributed by atoms with Crippen LogP contribution in [-0.4, -0.2) is 18.4 Å². The molecule has 0 saturated heterocycles. The molecule has 0 amide bonds. The minimum absolute atomic E-state index is 0.158. The normalized spacial score (nSPS) is 10.2. The van der Waals surface area contributed by atoms with Gasteiger partial charge >= 0.3 is 5.97 Å². The molecule has 2 aromatic rings. The van der Waals surface area contributed by atoms with Crippen molar-refractivity contribution in [1.82, 2.24) is 0 Å². The molecule has 0 aliphatic carbocycles. The molecule has 21 heavy (non-hydrogen) atoms. The number of halogens is 2. The van der Waals surface area contributed by atoms with Crippen LogP contribution in [0.15, 0.2) is 48.5 Å². The second kappa shape index (κ2) is 7.56. The monoisotopic (exact) mass is 414 g/mol. The van der Waals surface area contributed by atoms with Gasteiger partial charge in [-0.2, -0.15) is 0 Å². The third-order valence-electron chi connectivity index (χ3n) is 2.79. The first-order chi connectivity index (χ1) is 10.0. The highest BCUT2D eigenvalue weighted by Gasteiger charge is 2.10. The standard InChI is InChI=1S/C16H12ClIO3/c17-13-5-3-12(4-6-13)15(19)10-21-16(20)9-11-1-7-14(18)8-2-11/h1-8H,9-10H2. The van der Waals surface area contributed by atoms with Crippen LogP contribution >= 0.6 is 34.2 Å². The Labute approximate surface area is 141 Å². The second-order valence-corrected chi connectivity index (χ2v) is 6.08. The zero-order valence-corrected chi connectivity index (χ0v) is 13.9. The van der Waals surface area contributed by atoms with Crippen LogP contribution in [0.25, 0.3) is 0 Å². The van der Waals surface area contributed by atoms with Gasteiger partial charge in [0.1, 0.15) is 0 Å². The van der Waals surface area contributed by atoms with Crippen molar-refractivity contribution in [3.05, 3.63) is 68.3 Å². The molecule has 0 unspecified atom stereocenters. The molecule has 0 aromatic heterocycles. The predicted octanol–water partition coefficient (Wildman–Crippen LogP) is 3.91. The number of carbonyl (C=O) groups is 2. The number of rotatable bonds is 5. The summed E-state index contributed by atoms with van der Waals surface area (Å²) in [5.74, 6) is -0.666. The number of esters is 1. The van der Waals surface area contributed by atoms with Crippen molar-refractivity contribution in [2.45, 2.75) is 6.42 Å². The van der Waals surface area contributed by atoms with Gasteiger partial charge < -0.3 is 4.74 Å². The summed E-state index contributed by atoms with van der Waals surface area (Å²) in [5.41, 5.74) is 1.33. The van der Waals surface area contributed by atoms with Gasteiger partial charge in [-0.3, -0.25) is 9.59 Å². The van der Waals surface area contributed by atoms with Crippen LogP contribution in [-0.2, 0) is 16.0 Å². The van der Waals surface area contributed by atoms with Crippen LogP contribution in [0.4, 0.5) is 0 Å². The van der Waals surface area contributed by atoms with Gasteiger partial charge in [-0.25, -0.2) is 0 Å². The molecule has 0 radical (unpaired) electrons. The lowest BCUT2D eigenvalue weighted by Gasteiger charge is -2.05. The molecule has 108 valence electrons. The van der Waals surface area contributed by atoms with Gasteiger partial charge in [0.2, 0.25) is 0 Å². The molecular weight excluding hydrogens is 403 g/mol. The average molecular weight is 415 g/mol. The van der Waals surface area contributed by atoms with E-state index in [1.54, 1.807) is 24.3 Å². The first kappa shape index (κ1) is 16.0. The van der Waals surface area contributed by atoms with E-state index < -0.39 is 5.97 Å². The Morgan fingerprint density at radius 3 is 2.24 bits per heavy atom. The highest BCUT2D eigenvalue weighted by molar-refractivity contribution is 14.1. The van der Waals surface area contributed by atoms with Gasteiger partial charge in [0.15, 0.2) is 12.4 Å². The predicted molar refractivity (Wildman–Crippen MR) is 89.6 cm³/mol. The fraction of sp³-hybridized carbons (Fsp3) is 0.125. The molecule has 0 bridgehead atoms. The summed E-state index contributed by atoms with van der Waals surface area (Å²) in [4.78, 5) is 23.5. The van der Waals surface area contributed by atoms with Crippen LogP contribution < -0.4 is 0 Å². The first-order valence-electron chi connectivity index (χ1n) is 6.23. The van der Waals surface area contributed by atoms with E-state index in [4.69, 9.17) is 16.3 Å². The summed E-state index contributed by atoms with van der Waals surface area (Å²) in [6.45, 7) is -0.259. The summed E-state index contributed by atoms with van der Waals surface area (Å²) in [6, 6.07) is 14.0. The van der Waals surface area contributed by atoms with E-state index >= 15 is 0 Å². The number of carbonyl (C=O) groups excluding carboxylic acids is 2. The van der Waals surface area contributed by atoms with Crippen molar-refractivity contribution < 1.29 is 14.3 Å². The van der Waals surface area contributed by atoms with Crippen molar-refractivity contribution in [2.75, 3.05) is 6.61 Å². The zero-order chi connectivity index (χ0) is 15.2. The minimum Gasteiger partial charge on any atom is -0.457 e. The summed E-state index contributed by atoms with van der Waals surface area (Å²) in [7, 11) is 0. The third-order valence-corrected chi connectivity index (χ3v) is 3.76. The fourth-order valence-corrected chi connectivity index (χ4v) is 2.17. The van der Waals surface area contributed by atoms with Gasteiger partial charge in [0.05, 0.1) is 6.42 Å². The average Bonchev–Trinajstić information content (AvgIpc) is 2.48. The minimum atomic E-state index is -0.418. The Morgan fingerprint density at radius 1 is 1.00 bits per heavy atom. The number of ether oxygens (including phenoxy) is 1. The second-order valence-electron chi connectivity index (χ2n) is 4.39. The fourth-order valence-electron chi connectivity index (χ4n) is 1.69. The van der Waals surface area contributed by atoms with Crippen molar-refractivity contribution in [1.29, 1.82) is 0 Å². The first-order valence-corrected chi connectivity index (χ1v) is 7.69. The topological polar surface area (TPSA) is 43.4 Å². The number of Topliss-reactive ketones (excluding diaryl/α,β-unsaturated/α-hetero) is 1. The lowest BCUT2D eigenvalue weighted by molar-refractivity contribution is -0.141. The summed E-state index contributed by atoms with van der Waals surface area (Å²) in [6.07, 6.45) is 0.158. The molecule has 5 heteroatoms. The van der Waals surface area contributed by atoms with E-state index in [1.165, 1.54) is 0 Å². The maximum Gasteiger partial charge on any atom is 0.310 e.